The number of piperidine rings is 1. The van der Waals surface area contributed by atoms with Crippen molar-refractivity contribution in [3.05, 3.63) is 69.2 Å². The Morgan fingerprint density at radius 1 is 1.13 bits per heavy atom. The lowest BCUT2D eigenvalue weighted by molar-refractivity contribution is -0.121. The van der Waals surface area contributed by atoms with E-state index >= 15 is 0 Å². The van der Waals surface area contributed by atoms with Crippen LogP contribution >= 0.6 is 23.2 Å². The lowest BCUT2D eigenvalue weighted by Crippen LogP contribution is -2.45. The predicted octanol–water partition coefficient (Wildman–Crippen LogP) is 3.52. The maximum Gasteiger partial charge on any atom is 0.248 e. The highest BCUT2D eigenvalue weighted by atomic mass is 35.5. The molecule has 2 aromatic rings. The number of hydrogen-bond acceptors (Lipinski definition) is 4. The van der Waals surface area contributed by atoms with Gasteiger partial charge in [-0.1, -0.05) is 41.4 Å². The fourth-order valence-electron chi connectivity index (χ4n) is 3.77. The van der Waals surface area contributed by atoms with E-state index in [9.17, 15) is 9.59 Å². The zero-order valence-electron chi connectivity index (χ0n) is 17.5. The second-order valence-corrected chi connectivity index (χ2v) is 8.77. The summed E-state index contributed by atoms with van der Waals surface area (Å²) < 4.78 is 0. The number of nitrogens with two attached hydrogens (primary N) is 1. The molecule has 1 heterocycles. The zero-order chi connectivity index (χ0) is 22.4. The molecule has 3 rings (SSSR count). The van der Waals surface area contributed by atoms with Gasteiger partial charge in [-0.3, -0.25) is 14.5 Å². The van der Waals surface area contributed by atoms with Gasteiger partial charge in [-0.2, -0.15) is 0 Å². The summed E-state index contributed by atoms with van der Waals surface area (Å²) in [5, 5.41) is 7.32. The fourth-order valence-corrected chi connectivity index (χ4v) is 4.08. The summed E-state index contributed by atoms with van der Waals surface area (Å²) in [6.07, 6.45) is 1.93. The van der Waals surface area contributed by atoms with Gasteiger partial charge >= 0.3 is 0 Å². The molecule has 31 heavy (non-hydrogen) atoms. The summed E-state index contributed by atoms with van der Waals surface area (Å²) in [6, 6.07) is 13.0. The Balaban J connectivity index is 1.39. The van der Waals surface area contributed by atoms with Crippen LogP contribution in [0.3, 0.4) is 0 Å². The number of hydrogen-bond donors (Lipinski definition) is 3. The van der Waals surface area contributed by atoms with Crippen LogP contribution in [0.15, 0.2) is 42.5 Å². The van der Waals surface area contributed by atoms with E-state index in [1.807, 2.05) is 31.2 Å². The van der Waals surface area contributed by atoms with Gasteiger partial charge in [0.05, 0.1) is 22.6 Å². The minimum atomic E-state index is -0.406. The highest BCUT2D eigenvalue weighted by molar-refractivity contribution is 6.42. The number of likely N-dealkylation sites (tertiary alicyclic amines) is 1. The zero-order valence-corrected chi connectivity index (χ0v) is 19.0. The van der Waals surface area contributed by atoms with Crippen molar-refractivity contribution in [1.82, 2.24) is 15.5 Å². The number of primary amides is 1. The molecule has 2 aromatic carbocycles. The number of halogens is 2. The van der Waals surface area contributed by atoms with Crippen molar-refractivity contribution in [3.63, 3.8) is 0 Å². The van der Waals surface area contributed by atoms with Crippen molar-refractivity contribution >= 4 is 35.0 Å². The second kappa shape index (κ2) is 11.0. The third-order valence-corrected chi connectivity index (χ3v) is 6.32. The Morgan fingerprint density at radius 3 is 2.55 bits per heavy atom. The number of nitrogens with one attached hydrogen (secondary N) is 2. The minimum absolute atomic E-state index is 0.0516. The summed E-state index contributed by atoms with van der Waals surface area (Å²) in [7, 11) is 0. The van der Waals surface area contributed by atoms with Crippen molar-refractivity contribution in [2.45, 2.75) is 38.4 Å². The average molecular weight is 463 g/mol. The molecule has 4 N–H and O–H groups in total. The molecule has 0 aliphatic carbocycles. The van der Waals surface area contributed by atoms with E-state index in [4.69, 9.17) is 28.9 Å². The smallest absolute Gasteiger partial charge is 0.248 e. The molecular formula is C23H28Cl2N4O2. The quantitative estimate of drug-likeness (QED) is 0.559. The third-order valence-electron chi connectivity index (χ3n) is 5.58. The second-order valence-electron chi connectivity index (χ2n) is 7.96. The van der Waals surface area contributed by atoms with Gasteiger partial charge < -0.3 is 16.4 Å². The monoisotopic (exact) mass is 462 g/mol. The first-order valence-electron chi connectivity index (χ1n) is 10.4. The van der Waals surface area contributed by atoms with Crippen molar-refractivity contribution in [3.8, 4) is 0 Å². The lowest BCUT2D eigenvalue weighted by atomic mass is 10.0. The number of benzene rings is 2. The van der Waals surface area contributed by atoms with E-state index in [2.05, 4.69) is 15.5 Å². The first-order chi connectivity index (χ1) is 14.8. The number of rotatable bonds is 8. The summed E-state index contributed by atoms with van der Waals surface area (Å²) in [4.78, 5) is 26.0. The molecule has 1 atom stereocenters. The molecular weight excluding hydrogens is 435 g/mol. The standard InChI is InChI=1S/C23H28Cl2N4O2/c1-15(17-5-6-20(24)21(25)12-17)28-22(30)13-27-19-7-9-29(10-8-19)14-16-3-2-4-18(11-16)23(26)31/h2-6,11-12,15,19,27H,7-10,13-14H2,1H3,(H2,26,31)(H,28,30). The van der Waals surface area contributed by atoms with E-state index in [1.165, 1.54) is 0 Å². The maximum absolute atomic E-state index is 12.3. The number of amides is 2. The summed E-state index contributed by atoms with van der Waals surface area (Å²) in [5.41, 5.74) is 7.90. The molecule has 0 radical (unpaired) electrons. The van der Waals surface area contributed by atoms with Crippen molar-refractivity contribution in [2.24, 2.45) is 5.73 Å². The molecule has 6 nitrogen and oxygen atoms in total. The SMILES string of the molecule is CC(NC(=O)CNC1CCN(Cc2cccc(C(N)=O)c2)CC1)c1ccc(Cl)c(Cl)c1. The van der Waals surface area contributed by atoms with Gasteiger partial charge in [0.2, 0.25) is 11.8 Å². The molecule has 1 saturated heterocycles. The highest BCUT2D eigenvalue weighted by Crippen LogP contribution is 2.25. The van der Waals surface area contributed by atoms with Crippen LogP contribution in [0.1, 0.15) is 47.3 Å². The first kappa shape index (κ1) is 23.5. The molecule has 8 heteroatoms. The lowest BCUT2D eigenvalue weighted by Gasteiger charge is -2.32. The molecule has 0 aromatic heterocycles. The van der Waals surface area contributed by atoms with Crippen molar-refractivity contribution in [2.75, 3.05) is 19.6 Å². The van der Waals surface area contributed by atoms with E-state index in [1.54, 1.807) is 18.2 Å². The molecule has 166 valence electrons. The predicted molar refractivity (Wildman–Crippen MR) is 124 cm³/mol. The van der Waals surface area contributed by atoms with Crippen molar-refractivity contribution in [1.29, 1.82) is 0 Å². The molecule has 0 spiro atoms. The highest BCUT2D eigenvalue weighted by Gasteiger charge is 2.20. The number of carbonyl (C=O) groups is 2. The molecule has 0 saturated carbocycles. The van der Waals surface area contributed by atoms with E-state index in [0.717, 1.165) is 43.6 Å². The number of nitrogens with zero attached hydrogens (tertiary/aromatic N) is 1. The summed E-state index contributed by atoms with van der Waals surface area (Å²) >= 11 is 12.0. The van der Waals surface area contributed by atoms with Crippen LogP contribution in [0, 0.1) is 0 Å². The van der Waals surface area contributed by atoms with Crippen LogP contribution in [-0.4, -0.2) is 42.4 Å². The first-order valence-corrected chi connectivity index (χ1v) is 11.2. The van der Waals surface area contributed by atoms with Crippen molar-refractivity contribution < 1.29 is 9.59 Å². The van der Waals surface area contributed by atoms with Crippen LogP contribution in [-0.2, 0) is 11.3 Å². The molecule has 1 unspecified atom stereocenters. The largest absolute Gasteiger partial charge is 0.366 e. The van der Waals surface area contributed by atoms with Crippen LogP contribution < -0.4 is 16.4 Å². The van der Waals surface area contributed by atoms with E-state index < -0.39 is 5.91 Å². The molecule has 1 fully saturated rings. The Kier molecular flexibility index (Phi) is 8.32. The van der Waals surface area contributed by atoms with Crippen LogP contribution in [0.4, 0.5) is 0 Å². The minimum Gasteiger partial charge on any atom is -0.366 e. The Morgan fingerprint density at radius 2 is 1.87 bits per heavy atom. The van der Waals surface area contributed by atoms with Gasteiger partial charge in [0.1, 0.15) is 0 Å². The van der Waals surface area contributed by atoms with Gasteiger partial charge in [0.15, 0.2) is 0 Å². The van der Waals surface area contributed by atoms with Gasteiger partial charge in [0, 0.05) is 18.2 Å². The Bertz CT molecular complexity index is 930. The van der Waals surface area contributed by atoms with E-state index in [0.29, 0.717) is 21.7 Å². The normalized spacial score (nSPS) is 16.1. The van der Waals surface area contributed by atoms with Crippen LogP contribution in [0.5, 0.6) is 0 Å². The third kappa shape index (κ3) is 6.94. The van der Waals surface area contributed by atoms with Crippen LogP contribution in [0.2, 0.25) is 10.0 Å². The van der Waals surface area contributed by atoms with Gasteiger partial charge in [-0.25, -0.2) is 0 Å². The molecule has 1 aliphatic rings. The van der Waals surface area contributed by atoms with Gasteiger partial charge in [-0.05, 0) is 68.2 Å². The van der Waals surface area contributed by atoms with Crippen LogP contribution in [0.25, 0.3) is 0 Å². The average Bonchev–Trinajstić information content (AvgIpc) is 2.75. The Hall–Kier alpha value is -2.12. The topological polar surface area (TPSA) is 87.5 Å². The maximum atomic E-state index is 12.3. The number of carbonyl (C=O) groups excluding carboxylic acids is 2. The Labute approximate surface area is 193 Å². The fraction of sp³-hybridized carbons (Fsp3) is 0.391. The van der Waals surface area contributed by atoms with Gasteiger partial charge in [0.25, 0.3) is 0 Å². The molecule has 2 amide bonds. The molecule has 0 bridgehead atoms. The van der Waals surface area contributed by atoms with E-state index in [-0.39, 0.29) is 18.5 Å². The molecule has 1 aliphatic heterocycles. The summed E-state index contributed by atoms with van der Waals surface area (Å²) in [6.45, 7) is 4.84. The summed E-state index contributed by atoms with van der Waals surface area (Å²) in [5.74, 6) is -0.458. The van der Waals surface area contributed by atoms with Gasteiger partial charge in [-0.15, -0.1) is 0 Å².